The van der Waals surface area contributed by atoms with E-state index >= 15 is 0 Å². The summed E-state index contributed by atoms with van der Waals surface area (Å²) in [6, 6.07) is 10.7. The molecule has 3 rings (SSSR count). The van der Waals surface area contributed by atoms with E-state index in [-0.39, 0.29) is 0 Å². The molecule has 0 radical (unpaired) electrons. The Bertz CT molecular complexity index is 446. The molecule has 0 saturated carbocycles. The maximum absolute atomic E-state index is 2.65. The molecule has 2 saturated heterocycles. The van der Waals surface area contributed by atoms with E-state index in [1.807, 2.05) is 11.8 Å². The second-order valence-corrected chi connectivity index (χ2v) is 8.21. The van der Waals surface area contributed by atoms with Gasteiger partial charge in [-0.2, -0.15) is 0 Å². The van der Waals surface area contributed by atoms with Crippen molar-refractivity contribution >= 4 is 11.8 Å². The normalized spacial score (nSPS) is 27.4. The molecule has 0 aliphatic carbocycles. The molecule has 2 bridgehead atoms. The first kappa shape index (κ1) is 14.4. The molecule has 1 aromatic carbocycles. The van der Waals surface area contributed by atoms with E-state index in [0.29, 0.717) is 5.25 Å². The number of fused-ring (bicyclic) bond motifs is 2. The van der Waals surface area contributed by atoms with Gasteiger partial charge in [0.1, 0.15) is 0 Å². The molecule has 2 aliphatic heterocycles. The maximum atomic E-state index is 2.65. The molecular formula is C17H26N2S. The maximum Gasteiger partial charge on any atom is 0.0235 e. The summed E-state index contributed by atoms with van der Waals surface area (Å²) < 4.78 is 0. The van der Waals surface area contributed by atoms with Crippen molar-refractivity contribution in [3.63, 3.8) is 0 Å². The number of likely N-dealkylation sites (N-methyl/N-ethyl adjacent to an activating group) is 1. The Hall–Kier alpha value is -0.510. The van der Waals surface area contributed by atoms with Crippen molar-refractivity contribution in [3.8, 4) is 0 Å². The molecule has 3 heteroatoms. The summed E-state index contributed by atoms with van der Waals surface area (Å²) in [6.07, 6.45) is 2.78. The van der Waals surface area contributed by atoms with Crippen LogP contribution in [0.25, 0.3) is 0 Å². The lowest BCUT2D eigenvalue weighted by atomic mass is 10.1. The molecule has 2 atom stereocenters. The number of piperazine rings is 1. The predicted molar refractivity (Wildman–Crippen MR) is 87.3 cm³/mol. The standard InChI is InChI=1S/C17H26N2S/c1-13(2)20-17-6-4-5-14(9-17)10-19-11-15-7-8-16(12-19)18(15)3/h4-6,9,13,15-16H,7-8,10-12H2,1-3H3. The van der Waals surface area contributed by atoms with Crippen molar-refractivity contribution < 1.29 is 0 Å². The molecule has 1 aromatic rings. The van der Waals surface area contributed by atoms with Crippen LogP contribution in [0.2, 0.25) is 0 Å². The molecule has 0 amide bonds. The minimum atomic E-state index is 0.657. The van der Waals surface area contributed by atoms with Crippen molar-refractivity contribution in [1.29, 1.82) is 0 Å². The Kier molecular flexibility index (Phi) is 4.39. The Morgan fingerprint density at radius 2 is 1.90 bits per heavy atom. The van der Waals surface area contributed by atoms with Crippen LogP contribution in [0.3, 0.4) is 0 Å². The van der Waals surface area contributed by atoms with Gasteiger partial charge >= 0.3 is 0 Å². The van der Waals surface area contributed by atoms with Gasteiger partial charge in [0.25, 0.3) is 0 Å². The molecule has 2 aliphatic rings. The SMILES string of the molecule is CC(C)Sc1cccc(CN2CC3CCC(C2)N3C)c1. The molecule has 2 unspecified atom stereocenters. The summed E-state index contributed by atoms with van der Waals surface area (Å²) in [5, 5.41) is 0.657. The van der Waals surface area contributed by atoms with E-state index in [2.05, 4.69) is 55.0 Å². The van der Waals surface area contributed by atoms with Gasteiger partial charge in [0.15, 0.2) is 0 Å². The lowest BCUT2D eigenvalue weighted by Gasteiger charge is -2.39. The summed E-state index contributed by atoms with van der Waals surface area (Å²) in [7, 11) is 2.31. The lowest BCUT2D eigenvalue weighted by Crippen LogP contribution is -2.51. The smallest absolute Gasteiger partial charge is 0.0235 e. The highest BCUT2D eigenvalue weighted by Gasteiger charge is 2.37. The number of likely N-dealkylation sites (tertiary alicyclic amines) is 1. The van der Waals surface area contributed by atoms with Gasteiger partial charge in [0.05, 0.1) is 0 Å². The van der Waals surface area contributed by atoms with Crippen LogP contribution in [-0.4, -0.2) is 47.3 Å². The minimum absolute atomic E-state index is 0.657. The van der Waals surface area contributed by atoms with Crippen molar-refractivity contribution in [3.05, 3.63) is 29.8 Å². The van der Waals surface area contributed by atoms with E-state index in [9.17, 15) is 0 Å². The minimum Gasteiger partial charge on any atom is -0.298 e. The highest BCUT2D eigenvalue weighted by molar-refractivity contribution is 7.99. The fraction of sp³-hybridized carbons (Fsp3) is 0.647. The second-order valence-electron chi connectivity index (χ2n) is 6.56. The van der Waals surface area contributed by atoms with Gasteiger partial charge < -0.3 is 0 Å². The van der Waals surface area contributed by atoms with Crippen molar-refractivity contribution in [2.45, 2.75) is 55.5 Å². The Morgan fingerprint density at radius 3 is 2.55 bits per heavy atom. The van der Waals surface area contributed by atoms with Gasteiger partial charge in [-0.1, -0.05) is 26.0 Å². The van der Waals surface area contributed by atoms with E-state index in [0.717, 1.165) is 18.6 Å². The van der Waals surface area contributed by atoms with Gasteiger partial charge in [-0.3, -0.25) is 9.80 Å². The molecule has 2 fully saturated rings. The quantitative estimate of drug-likeness (QED) is 0.784. The van der Waals surface area contributed by atoms with E-state index in [1.54, 1.807) is 0 Å². The fourth-order valence-corrected chi connectivity index (χ4v) is 4.50. The number of benzene rings is 1. The molecule has 110 valence electrons. The monoisotopic (exact) mass is 290 g/mol. The van der Waals surface area contributed by atoms with Gasteiger partial charge in [-0.15, -0.1) is 11.8 Å². The zero-order chi connectivity index (χ0) is 14.1. The number of hydrogen-bond acceptors (Lipinski definition) is 3. The highest BCUT2D eigenvalue weighted by Crippen LogP contribution is 2.30. The number of nitrogens with zero attached hydrogens (tertiary/aromatic N) is 2. The summed E-state index contributed by atoms with van der Waals surface area (Å²) in [6.45, 7) is 8.13. The van der Waals surface area contributed by atoms with Crippen LogP contribution < -0.4 is 0 Å². The molecule has 20 heavy (non-hydrogen) atoms. The highest BCUT2D eigenvalue weighted by atomic mass is 32.2. The van der Waals surface area contributed by atoms with Crippen LogP contribution in [0.4, 0.5) is 0 Å². The van der Waals surface area contributed by atoms with Crippen LogP contribution in [0, 0.1) is 0 Å². The second kappa shape index (κ2) is 6.08. The average Bonchev–Trinajstić information content (AvgIpc) is 2.61. The van der Waals surface area contributed by atoms with Crippen LogP contribution >= 0.6 is 11.8 Å². The topological polar surface area (TPSA) is 6.48 Å². The third-order valence-electron chi connectivity index (χ3n) is 4.60. The zero-order valence-electron chi connectivity index (χ0n) is 12.9. The van der Waals surface area contributed by atoms with E-state index in [1.165, 1.54) is 36.4 Å². The summed E-state index contributed by atoms with van der Waals surface area (Å²) in [4.78, 5) is 6.66. The fourth-order valence-electron chi connectivity index (χ4n) is 3.58. The van der Waals surface area contributed by atoms with Crippen molar-refractivity contribution in [2.24, 2.45) is 0 Å². The summed E-state index contributed by atoms with van der Waals surface area (Å²) in [5.41, 5.74) is 1.47. The molecule has 2 heterocycles. The molecule has 0 spiro atoms. The van der Waals surface area contributed by atoms with E-state index in [4.69, 9.17) is 0 Å². The number of hydrogen-bond donors (Lipinski definition) is 0. The Labute approximate surface area is 127 Å². The average molecular weight is 290 g/mol. The number of rotatable bonds is 4. The first-order chi connectivity index (χ1) is 9.61. The molecular weight excluding hydrogens is 264 g/mol. The van der Waals surface area contributed by atoms with Gasteiger partial charge in [0.2, 0.25) is 0 Å². The third-order valence-corrected chi connectivity index (χ3v) is 5.60. The summed E-state index contributed by atoms with van der Waals surface area (Å²) >= 11 is 1.96. The Morgan fingerprint density at radius 1 is 1.20 bits per heavy atom. The molecule has 2 nitrogen and oxygen atoms in total. The van der Waals surface area contributed by atoms with Crippen LogP contribution in [-0.2, 0) is 6.54 Å². The predicted octanol–water partition coefficient (Wildman–Crippen LogP) is 3.47. The van der Waals surface area contributed by atoms with Crippen LogP contribution in [0.1, 0.15) is 32.3 Å². The largest absolute Gasteiger partial charge is 0.298 e. The molecule has 0 N–H and O–H groups in total. The van der Waals surface area contributed by atoms with Gasteiger partial charge in [-0.05, 0) is 37.6 Å². The number of thioether (sulfide) groups is 1. The first-order valence-electron chi connectivity index (χ1n) is 7.81. The van der Waals surface area contributed by atoms with Crippen LogP contribution in [0.15, 0.2) is 29.2 Å². The summed E-state index contributed by atoms with van der Waals surface area (Å²) in [5.74, 6) is 0. The molecule has 0 aromatic heterocycles. The lowest BCUT2D eigenvalue weighted by molar-refractivity contribution is 0.0837. The first-order valence-corrected chi connectivity index (χ1v) is 8.69. The van der Waals surface area contributed by atoms with Gasteiger partial charge in [0, 0.05) is 41.9 Å². The van der Waals surface area contributed by atoms with E-state index < -0.39 is 0 Å². The Balaban J connectivity index is 1.63. The van der Waals surface area contributed by atoms with Gasteiger partial charge in [-0.25, -0.2) is 0 Å². The van der Waals surface area contributed by atoms with Crippen molar-refractivity contribution in [1.82, 2.24) is 9.80 Å². The van der Waals surface area contributed by atoms with Crippen LogP contribution in [0.5, 0.6) is 0 Å². The zero-order valence-corrected chi connectivity index (χ0v) is 13.7. The third kappa shape index (κ3) is 3.21. The van der Waals surface area contributed by atoms with Crippen molar-refractivity contribution in [2.75, 3.05) is 20.1 Å².